The summed E-state index contributed by atoms with van der Waals surface area (Å²) in [6.45, 7) is 6.23. The summed E-state index contributed by atoms with van der Waals surface area (Å²) in [7, 11) is 0. The molecule has 4 rings (SSSR count). The normalized spacial score (nSPS) is 17.4. The molecule has 1 atom stereocenters. The first-order valence-corrected chi connectivity index (χ1v) is 11.7. The number of ether oxygens (including phenoxy) is 1. The summed E-state index contributed by atoms with van der Waals surface area (Å²) in [6.07, 6.45) is 0.322. The first kappa shape index (κ1) is 24.1. The highest BCUT2D eigenvalue weighted by Crippen LogP contribution is 2.31. The quantitative estimate of drug-likeness (QED) is 0.391. The average molecular weight is 471 g/mol. The summed E-state index contributed by atoms with van der Waals surface area (Å²) in [4.78, 5) is 25.7. The van der Waals surface area contributed by atoms with Crippen LogP contribution in [-0.4, -0.2) is 22.5 Å². The minimum atomic E-state index is -1.09. The van der Waals surface area contributed by atoms with Crippen LogP contribution in [0.1, 0.15) is 43.4 Å². The lowest BCUT2D eigenvalue weighted by molar-refractivity contribution is -0.121. The highest BCUT2D eigenvalue weighted by atomic mass is 16.5. The van der Waals surface area contributed by atoms with Gasteiger partial charge in [0.25, 0.3) is 11.8 Å². The number of benzene rings is 3. The molecule has 6 nitrogen and oxygen atoms in total. The Morgan fingerprint density at radius 1 is 0.971 bits per heavy atom. The number of anilines is 1. The van der Waals surface area contributed by atoms with Gasteiger partial charge in [0, 0.05) is 12.1 Å². The Bertz CT molecular complexity index is 1250. The largest absolute Gasteiger partial charge is 0.509 e. The van der Waals surface area contributed by atoms with Crippen molar-refractivity contribution >= 4 is 17.5 Å². The smallest absolute Gasteiger partial charge is 0.264 e. The molecule has 6 heteroatoms. The van der Waals surface area contributed by atoms with E-state index in [0.717, 1.165) is 22.4 Å². The molecule has 180 valence electrons. The van der Waals surface area contributed by atoms with Gasteiger partial charge in [-0.05, 0) is 47.7 Å². The lowest BCUT2D eigenvalue weighted by Gasteiger charge is -2.25. The van der Waals surface area contributed by atoms with Gasteiger partial charge in [0.15, 0.2) is 0 Å². The summed E-state index contributed by atoms with van der Waals surface area (Å²) in [5.41, 5.74) is 2.20. The third kappa shape index (κ3) is 5.38. The van der Waals surface area contributed by atoms with E-state index in [9.17, 15) is 14.7 Å². The van der Waals surface area contributed by atoms with Crippen LogP contribution in [0.4, 0.5) is 5.69 Å². The maximum absolute atomic E-state index is 13.0. The van der Waals surface area contributed by atoms with Crippen molar-refractivity contribution < 1.29 is 19.4 Å². The fraction of sp³-hybridized carbons (Fsp3) is 0.241. The summed E-state index contributed by atoms with van der Waals surface area (Å²) in [5, 5.41) is 16.5. The first-order valence-electron chi connectivity index (χ1n) is 11.7. The molecule has 1 unspecified atom stereocenters. The maximum Gasteiger partial charge on any atom is 0.264 e. The van der Waals surface area contributed by atoms with Crippen LogP contribution in [0, 0.1) is 0 Å². The second-order valence-corrected chi connectivity index (χ2v) is 9.30. The molecule has 1 heterocycles. The Labute approximate surface area is 205 Å². The fourth-order valence-corrected chi connectivity index (χ4v) is 4.25. The van der Waals surface area contributed by atoms with Crippen molar-refractivity contribution in [1.82, 2.24) is 5.32 Å². The second-order valence-electron chi connectivity index (χ2n) is 9.30. The Balaban J connectivity index is 1.46. The van der Waals surface area contributed by atoms with E-state index in [2.05, 4.69) is 10.6 Å². The zero-order valence-corrected chi connectivity index (χ0v) is 20.2. The van der Waals surface area contributed by atoms with E-state index >= 15 is 0 Å². The lowest BCUT2D eigenvalue weighted by atomic mass is 9.91. The van der Waals surface area contributed by atoms with E-state index < -0.39 is 17.4 Å². The van der Waals surface area contributed by atoms with Crippen LogP contribution < -0.4 is 15.4 Å². The SMILES string of the molecule is CC(C)c1ccccc1NC(=O)C1=C(O)C(C)(Cc2ccc(OCc3ccccc3)cc2)NC1=O. The number of carbonyl (C=O) groups excluding carboxylic acids is 2. The van der Waals surface area contributed by atoms with Crippen molar-refractivity contribution in [3.05, 3.63) is 107 Å². The summed E-state index contributed by atoms with van der Waals surface area (Å²) in [5.74, 6) is -0.557. The molecule has 0 spiro atoms. The molecule has 2 amide bonds. The van der Waals surface area contributed by atoms with Crippen LogP contribution in [0.2, 0.25) is 0 Å². The van der Waals surface area contributed by atoms with Crippen LogP contribution in [0.3, 0.4) is 0 Å². The topological polar surface area (TPSA) is 87.7 Å². The zero-order chi connectivity index (χ0) is 25.0. The van der Waals surface area contributed by atoms with Gasteiger partial charge in [-0.1, -0.05) is 74.5 Å². The molecule has 3 aromatic carbocycles. The van der Waals surface area contributed by atoms with Crippen molar-refractivity contribution in [3.8, 4) is 5.75 Å². The Hall–Kier alpha value is -4.06. The number of aliphatic hydroxyl groups excluding tert-OH is 1. The summed E-state index contributed by atoms with van der Waals surface area (Å²) < 4.78 is 5.83. The van der Waals surface area contributed by atoms with E-state index in [0.29, 0.717) is 18.7 Å². The number of para-hydroxylation sites is 1. The summed E-state index contributed by atoms with van der Waals surface area (Å²) in [6, 6.07) is 24.8. The van der Waals surface area contributed by atoms with Gasteiger partial charge in [-0.15, -0.1) is 0 Å². The third-order valence-electron chi connectivity index (χ3n) is 6.16. The number of rotatable bonds is 8. The van der Waals surface area contributed by atoms with Crippen molar-refractivity contribution in [2.75, 3.05) is 5.32 Å². The predicted molar refractivity (Wildman–Crippen MR) is 136 cm³/mol. The minimum Gasteiger partial charge on any atom is -0.509 e. The predicted octanol–water partition coefficient (Wildman–Crippen LogP) is 5.27. The molecule has 35 heavy (non-hydrogen) atoms. The Morgan fingerprint density at radius 2 is 1.63 bits per heavy atom. The molecule has 3 aromatic rings. The van der Waals surface area contributed by atoms with Crippen molar-refractivity contribution in [2.24, 2.45) is 0 Å². The van der Waals surface area contributed by atoms with Crippen LogP contribution in [0.15, 0.2) is 90.2 Å². The van der Waals surface area contributed by atoms with Gasteiger partial charge in [0.05, 0.1) is 5.54 Å². The minimum absolute atomic E-state index is 0.191. The summed E-state index contributed by atoms with van der Waals surface area (Å²) >= 11 is 0. The molecule has 0 aromatic heterocycles. The van der Waals surface area contributed by atoms with Crippen LogP contribution in [-0.2, 0) is 22.6 Å². The van der Waals surface area contributed by atoms with Crippen molar-refractivity contribution in [3.63, 3.8) is 0 Å². The second kappa shape index (κ2) is 10.1. The average Bonchev–Trinajstić information content (AvgIpc) is 3.07. The van der Waals surface area contributed by atoms with Gasteiger partial charge >= 0.3 is 0 Å². The number of carbonyl (C=O) groups is 2. The molecule has 0 saturated heterocycles. The lowest BCUT2D eigenvalue weighted by Crippen LogP contribution is -2.43. The van der Waals surface area contributed by atoms with E-state index in [1.165, 1.54) is 0 Å². The van der Waals surface area contributed by atoms with Crippen molar-refractivity contribution in [1.29, 1.82) is 0 Å². The Morgan fingerprint density at radius 3 is 2.31 bits per heavy atom. The van der Waals surface area contributed by atoms with Crippen LogP contribution in [0.25, 0.3) is 0 Å². The van der Waals surface area contributed by atoms with Gasteiger partial charge in [-0.3, -0.25) is 9.59 Å². The number of nitrogens with one attached hydrogen (secondary N) is 2. The highest BCUT2D eigenvalue weighted by Gasteiger charge is 2.44. The number of hydrogen-bond donors (Lipinski definition) is 3. The molecule has 0 saturated carbocycles. The number of hydrogen-bond acceptors (Lipinski definition) is 4. The molecule has 3 N–H and O–H groups in total. The van der Waals surface area contributed by atoms with Gasteiger partial charge < -0.3 is 20.5 Å². The molecule has 0 bridgehead atoms. The van der Waals surface area contributed by atoms with Crippen LogP contribution in [0.5, 0.6) is 5.75 Å². The van der Waals surface area contributed by atoms with Crippen LogP contribution >= 0.6 is 0 Å². The zero-order valence-electron chi connectivity index (χ0n) is 20.2. The molecular formula is C29H30N2O4. The Kier molecular flexibility index (Phi) is 6.92. The molecular weight excluding hydrogens is 440 g/mol. The van der Waals surface area contributed by atoms with Gasteiger partial charge in [-0.2, -0.15) is 0 Å². The molecule has 0 radical (unpaired) electrons. The van der Waals surface area contributed by atoms with Gasteiger partial charge in [-0.25, -0.2) is 0 Å². The third-order valence-corrected chi connectivity index (χ3v) is 6.16. The van der Waals surface area contributed by atoms with Gasteiger partial charge in [0.2, 0.25) is 0 Å². The number of amides is 2. The fourth-order valence-electron chi connectivity index (χ4n) is 4.25. The molecule has 0 aliphatic carbocycles. The first-order chi connectivity index (χ1) is 16.8. The molecule has 1 aliphatic rings. The van der Waals surface area contributed by atoms with E-state index in [1.807, 2.05) is 86.6 Å². The van der Waals surface area contributed by atoms with E-state index in [1.54, 1.807) is 13.0 Å². The van der Waals surface area contributed by atoms with E-state index in [-0.39, 0.29) is 17.3 Å². The van der Waals surface area contributed by atoms with E-state index in [4.69, 9.17) is 4.74 Å². The standard InChI is InChI=1S/C29H30N2O4/c1-19(2)23-11-7-8-12-24(23)30-27(33)25-26(32)29(3,31-28(25)34)17-20-13-15-22(16-14-20)35-18-21-9-5-4-6-10-21/h4-16,19,32H,17-18H2,1-3H3,(H,30,33)(H,31,34). The maximum atomic E-state index is 13.0. The van der Waals surface area contributed by atoms with Crippen molar-refractivity contribution in [2.45, 2.75) is 45.3 Å². The number of aliphatic hydroxyl groups is 1. The monoisotopic (exact) mass is 470 g/mol. The highest BCUT2D eigenvalue weighted by molar-refractivity contribution is 6.25. The van der Waals surface area contributed by atoms with Gasteiger partial charge in [0.1, 0.15) is 23.7 Å². The molecule has 1 aliphatic heterocycles. The molecule has 0 fully saturated rings.